The first kappa shape index (κ1) is 16.3. The van der Waals surface area contributed by atoms with Gasteiger partial charge in [0.25, 0.3) is 0 Å². The number of primary sulfonamides is 1. The molecule has 116 valence electrons. The van der Waals surface area contributed by atoms with E-state index in [2.05, 4.69) is 0 Å². The van der Waals surface area contributed by atoms with E-state index in [1.54, 1.807) is 0 Å². The Morgan fingerprint density at radius 2 is 1.95 bits per heavy atom. The van der Waals surface area contributed by atoms with E-state index >= 15 is 0 Å². The van der Waals surface area contributed by atoms with Crippen molar-refractivity contribution in [2.75, 3.05) is 6.61 Å². The Balaban J connectivity index is 2.05. The lowest BCUT2D eigenvalue weighted by Crippen LogP contribution is -2.18. The van der Waals surface area contributed by atoms with Crippen LogP contribution in [0.3, 0.4) is 0 Å². The number of carbonyl (C=O) groups is 1. The molecule has 0 aliphatic heterocycles. The van der Waals surface area contributed by atoms with Crippen molar-refractivity contribution in [1.29, 1.82) is 0 Å². The van der Waals surface area contributed by atoms with E-state index in [0.717, 1.165) is 18.9 Å². The highest BCUT2D eigenvalue weighted by Crippen LogP contribution is 2.25. The highest BCUT2D eigenvalue weighted by Gasteiger charge is 2.19. The Bertz CT molecular complexity index is 624. The first-order valence-corrected chi connectivity index (χ1v) is 8.80. The Labute approximate surface area is 129 Å². The fourth-order valence-corrected chi connectivity index (χ4v) is 3.55. The first-order valence-electron chi connectivity index (χ1n) is 6.87. The van der Waals surface area contributed by atoms with E-state index in [1.165, 1.54) is 31.4 Å². The molecule has 0 bridgehead atoms. The molecule has 5 nitrogen and oxygen atoms in total. The van der Waals surface area contributed by atoms with Gasteiger partial charge in [0, 0.05) is 0 Å². The minimum Gasteiger partial charge on any atom is -0.462 e. The Morgan fingerprint density at radius 3 is 2.57 bits per heavy atom. The molecule has 0 aromatic heterocycles. The van der Waals surface area contributed by atoms with Crippen molar-refractivity contribution < 1.29 is 17.9 Å². The molecule has 0 atom stereocenters. The van der Waals surface area contributed by atoms with Gasteiger partial charge in [-0.1, -0.05) is 30.9 Å². The molecule has 0 spiro atoms. The van der Waals surface area contributed by atoms with E-state index < -0.39 is 16.0 Å². The molecule has 2 N–H and O–H groups in total. The van der Waals surface area contributed by atoms with Crippen LogP contribution in [0.1, 0.15) is 42.5 Å². The third-order valence-corrected chi connectivity index (χ3v) is 5.04. The van der Waals surface area contributed by atoms with Crippen LogP contribution >= 0.6 is 11.6 Å². The smallest absolute Gasteiger partial charge is 0.338 e. The maximum atomic E-state index is 12.0. The van der Waals surface area contributed by atoms with Crippen molar-refractivity contribution in [3.05, 3.63) is 28.8 Å². The number of ether oxygens (including phenoxy) is 1. The third-order valence-electron chi connectivity index (χ3n) is 3.65. The van der Waals surface area contributed by atoms with Crippen molar-refractivity contribution in [1.82, 2.24) is 0 Å². The number of halogens is 1. The van der Waals surface area contributed by atoms with Crippen LogP contribution < -0.4 is 5.14 Å². The molecule has 2 rings (SSSR count). The van der Waals surface area contributed by atoms with Crippen molar-refractivity contribution in [2.45, 2.75) is 37.0 Å². The lowest BCUT2D eigenvalue weighted by Gasteiger charge is -2.21. The molecule has 7 heteroatoms. The Kier molecular flexibility index (Phi) is 5.24. The average molecular weight is 332 g/mol. The second-order valence-corrected chi connectivity index (χ2v) is 7.23. The van der Waals surface area contributed by atoms with Crippen LogP contribution in [0.15, 0.2) is 23.1 Å². The van der Waals surface area contributed by atoms with Crippen molar-refractivity contribution >= 4 is 27.6 Å². The summed E-state index contributed by atoms with van der Waals surface area (Å²) < 4.78 is 28.0. The summed E-state index contributed by atoms with van der Waals surface area (Å²) >= 11 is 5.77. The average Bonchev–Trinajstić information content (AvgIpc) is 2.45. The molecule has 1 saturated carbocycles. The zero-order chi connectivity index (χ0) is 15.5. The zero-order valence-corrected chi connectivity index (χ0v) is 13.1. The van der Waals surface area contributed by atoms with Gasteiger partial charge < -0.3 is 4.74 Å². The van der Waals surface area contributed by atoms with E-state index in [-0.39, 0.29) is 15.5 Å². The van der Waals surface area contributed by atoms with Crippen molar-refractivity contribution in [2.24, 2.45) is 11.1 Å². The normalized spacial score (nSPS) is 16.7. The van der Waals surface area contributed by atoms with Crippen LogP contribution in [0.5, 0.6) is 0 Å². The maximum absolute atomic E-state index is 12.0. The van der Waals surface area contributed by atoms with Gasteiger partial charge in [0.1, 0.15) is 4.90 Å². The molecule has 1 aromatic rings. The highest BCUT2D eigenvalue weighted by atomic mass is 35.5. The molecule has 0 radical (unpaired) electrons. The van der Waals surface area contributed by atoms with Gasteiger partial charge in [0.15, 0.2) is 0 Å². The molecule has 0 saturated heterocycles. The molecule has 0 heterocycles. The van der Waals surface area contributed by atoms with Gasteiger partial charge in [-0.15, -0.1) is 0 Å². The summed E-state index contributed by atoms with van der Waals surface area (Å²) in [7, 11) is -3.96. The summed E-state index contributed by atoms with van der Waals surface area (Å²) in [5.41, 5.74) is 0.138. The minimum atomic E-state index is -3.96. The third kappa shape index (κ3) is 4.43. The second-order valence-electron chi connectivity index (χ2n) is 5.29. The molecular formula is C14H18ClNO4S. The fourth-order valence-electron chi connectivity index (χ4n) is 2.48. The lowest BCUT2D eigenvalue weighted by molar-refractivity contribution is 0.0410. The number of esters is 1. The largest absolute Gasteiger partial charge is 0.462 e. The predicted molar refractivity (Wildman–Crippen MR) is 79.7 cm³/mol. The second kappa shape index (κ2) is 6.77. The summed E-state index contributed by atoms with van der Waals surface area (Å²) in [5.74, 6) is -0.158. The quantitative estimate of drug-likeness (QED) is 0.859. The van der Waals surface area contributed by atoms with Gasteiger partial charge >= 0.3 is 5.97 Å². The van der Waals surface area contributed by atoms with Gasteiger partial charge in [0.2, 0.25) is 10.0 Å². The lowest BCUT2D eigenvalue weighted by atomic mass is 9.90. The van der Waals surface area contributed by atoms with Crippen LogP contribution in [0.25, 0.3) is 0 Å². The molecule has 1 aromatic carbocycles. The SMILES string of the molecule is NS(=O)(=O)c1cc(C(=O)OCC2CCCCC2)ccc1Cl. The first-order chi connectivity index (χ1) is 9.88. The number of nitrogens with two attached hydrogens (primary N) is 1. The van der Waals surface area contributed by atoms with Gasteiger partial charge in [0.05, 0.1) is 17.2 Å². The number of hydrogen-bond acceptors (Lipinski definition) is 4. The van der Waals surface area contributed by atoms with Crippen LogP contribution in [-0.2, 0) is 14.8 Å². The summed E-state index contributed by atoms with van der Waals surface area (Å²) in [5, 5.41) is 5.04. The number of carbonyl (C=O) groups excluding carboxylic acids is 1. The van der Waals surface area contributed by atoms with Gasteiger partial charge in [-0.05, 0) is 37.0 Å². The van der Waals surface area contributed by atoms with Crippen LogP contribution in [0.4, 0.5) is 0 Å². The topological polar surface area (TPSA) is 86.5 Å². The summed E-state index contributed by atoms with van der Waals surface area (Å²) in [4.78, 5) is 11.7. The molecule has 21 heavy (non-hydrogen) atoms. The molecule has 1 aliphatic carbocycles. The Hall–Kier alpha value is -1.11. The Morgan fingerprint density at radius 1 is 1.29 bits per heavy atom. The molecular weight excluding hydrogens is 314 g/mol. The van der Waals surface area contributed by atoms with Crippen molar-refractivity contribution in [3.63, 3.8) is 0 Å². The highest BCUT2D eigenvalue weighted by molar-refractivity contribution is 7.89. The van der Waals surface area contributed by atoms with E-state index in [1.807, 2.05) is 0 Å². The number of rotatable bonds is 4. The van der Waals surface area contributed by atoms with Gasteiger partial charge in [-0.2, -0.15) is 0 Å². The van der Waals surface area contributed by atoms with E-state index in [0.29, 0.717) is 12.5 Å². The monoisotopic (exact) mass is 331 g/mol. The number of benzene rings is 1. The standard InChI is InChI=1S/C14H18ClNO4S/c15-12-7-6-11(8-13(12)21(16,18)19)14(17)20-9-10-4-2-1-3-5-10/h6-8,10H,1-5,9H2,(H2,16,18,19). The van der Waals surface area contributed by atoms with Crippen LogP contribution in [-0.4, -0.2) is 21.0 Å². The van der Waals surface area contributed by atoms with Crippen molar-refractivity contribution in [3.8, 4) is 0 Å². The summed E-state index contributed by atoms with van der Waals surface area (Å²) in [6, 6.07) is 3.92. The van der Waals surface area contributed by atoms with E-state index in [4.69, 9.17) is 21.5 Å². The van der Waals surface area contributed by atoms with Crippen LogP contribution in [0.2, 0.25) is 5.02 Å². The molecule has 0 unspecified atom stereocenters. The number of sulfonamides is 1. The van der Waals surface area contributed by atoms with Gasteiger partial charge in [-0.3, -0.25) is 0 Å². The minimum absolute atomic E-state index is 0.0127. The molecule has 1 fully saturated rings. The molecule has 0 amide bonds. The number of hydrogen-bond donors (Lipinski definition) is 1. The maximum Gasteiger partial charge on any atom is 0.338 e. The van der Waals surface area contributed by atoms with Gasteiger partial charge in [-0.25, -0.2) is 18.4 Å². The fraction of sp³-hybridized carbons (Fsp3) is 0.500. The zero-order valence-electron chi connectivity index (χ0n) is 11.5. The molecule has 1 aliphatic rings. The summed E-state index contributed by atoms with van der Waals surface area (Å²) in [6.45, 7) is 0.367. The van der Waals surface area contributed by atoms with E-state index in [9.17, 15) is 13.2 Å². The summed E-state index contributed by atoms with van der Waals surface area (Å²) in [6.07, 6.45) is 5.70. The van der Waals surface area contributed by atoms with Crippen LogP contribution in [0, 0.1) is 5.92 Å². The predicted octanol–water partition coefficient (Wildman–Crippen LogP) is 2.72.